The van der Waals surface area contributed by atoms with E-state index >= 15 is 0 Å². The van der Waals surface area contributed by atoms with Gasteiger partial charge >= 0.3 is 0 Å². The summed E-state index contributed by atoms with van der Waals surface area (Å²) < 4.78 is 0. The molecule has 2 rings (SSSR count). The maximum absolute atomic E-state index is 9.70. The summed E-state index contributed by atoms with van der Waals surface area (Å²) in [5.74, 6) is 1.03. The first-order chi connectivity index (χ1) is 7.65. The number of aliphatic hydroxyl groups is 1. The van der Waals surface area contributed by atoms with Crippen molar-refractivity contribution in [3.8, 4) is 0 Å². The van der Waals surface area contributed by atoms with Gasteiger partial charge in [-0.3, -0.25) is 0 Å². The van der Waals surface area contributed by atoms with Gasteiger partial charge in [-0.1, -0.05) is 6.42 Å². The van der Waals surface area contributed by atoms with Crippen LogP contribution in [0.5, 0.6) is 0 Å². The quantitative estimate of drug-likeness (QED) is 0.815. The van der Waals surface area contributed by atoms with Gasteiger partial charge in [-0.25, -0.2) is 9.97 Å². The van der Waals surface area contributed by atoms with Crippen molar-refractivity contribution >= 4 is 5.95 Å². The molecule has 0 bridgehead atoms. The van der Waals surface area contributed by atoms with Crippen LogP contribution in [0.1, 0.15) is 30.7 Å². The average Bonchev–Trinajstić information content (AvgIpc) is 2.59. The Labute approximate surface area is 96.1 Å². The second kappa shape index (κ2) is 4.78. The predicted octanol–water partition coefficient (Wildman–Crippen LogP) is 1.67. The molecular weight excluding hydrogens is 202 g/mol. The molecule has 1 aliphatic rings. The van der Waals surface area contributed by atoms with Crippen LogP contribution in [0, 0.1) is 19.8 Å². The molecule has 1 saturated carbocycles. The second-order valence-electron chi connectivity index (χ2n) is 4.61. The van der Waals surface area contributed by atoms with E-state index in [0.29, 0.717) is 11.9 Å². The molecule has 1 fully saturated rings. The molecule has 0 saturated heterocycles. The van der Waals surface area contributed by atoms with Gasteiger partial charge in [0.1, 0.15) is 0 Å². The molecule has 2 unspecified atom stereocenters. The monoisotopic (exact) mass is 221 g/mol. The molecule has 2 atom stereocenters. The minimum Gasteiger partial charge on any atom is -0.393 e. The Kier molecular flexibility index (Phi) is 3.39. The standard InChI is InChI=1S/C12H19N3O/c1-8-6-9(2)15-12(14-8)13-7-10-4-3-5-11(10)16/h6,10-11,16H,3-5,7H2,1-2H3,(H,13,14,15). The third-order valence-corrected chi connectivity index (χ3v) is 3.12. The maximum atomic E-state index is 9.70. The molecule has 16 heavy (non-hydrogen) atoms. The van der Waals surface area contributed by atoms with E-state index < -0.39 is 0 Å². The molecule has 0 amide bonds. The zero-order valence-corrected chi connectivity index (χ0v) is 9.90. The number of aromatic nitrogens is 2. The van der Waals surface area contributed by atoms with E-state index in [1.165, 1.54) is 0 Å². The van der Waals surface area contributed by atoms with Crippen LogP contribution in [0.2, 0.25) is 0 Å². The van der Waals surface area contributed by atoms with Gasteiger partial charge < -0.3 is 10.4 Å². The van der Waals surface area contributed by atoms with Crippen LogP contribution in [0.4, 0.5) is 5.95 Å². The summed E-state index contributed by atoms with van der Waals surface area (Å²) in [7, 11) is 0. The van der Waals surface area contributed by atoms with Gasteiger partial charge in [-0.2, -0.15) is 0 Å². The molecule has 0 aliphatic heterocycles. The Morgan fingerprint density at radius 2 is 2.00 bits per heavy atom. The molecule has 0 radical (unpaired) electrons. The van der Waals surface area contributed by atoms with Crippen LogP contribution in [0.15, 0.2) is 6.07 Å². The average molecular weight is 221 g/mol. The highest BCUT2D eigenvalue weighted by Gasteiger charge is 2.24. The van der Waals surface area contributed by atoms with E-state index in [-0.39, 0.29) is 6.10 Å². The molecule has 1 heterocycles. The Balaban J connectivity index is 1.94. The van der Waals surface area contributed by atoms with E-state index in [9.17, 15) is 5.11 Å². The molecule has 0 spiro atoms. The first-order valence-electron chi connectivity index (χ1n) is 5.89. The zero-order chi connectivity index (χ0) is 11.5. The summed E-state index contributed by atoms with van der Waals surface area (Å²) in [5.41, 5.74) is 1.95. The van der Waals surface area contributed by atoms with Gasteiger partial charge in [0.2, 0.25) is 5.95 Å². The van der Waals surface area contributed by atoms with Gasteiger partial charge in [-0.15, -0.1) is 0 Å². The Hall–Kier alpha value is -1.16. The van der Waals surface area contributed by atoms with Gasteiger partial charge in [-0.05, 0) is 32.8 Å². The fourth-order valence-electron chi connectivity index (χ4n) is 2.28. The van der Waals surface area contributed by atoms with E-state index in [0.717, 1.165) is 37.2 Å². The second-order valence-corrected chi connectivity index (χ2v) is 4.61. The highest BCUT2D eigenvalue weighted by atomic mass is 16.3. The van der Waals surface area contributed by atoms with Gasteiger partial charge in [0.25, 0.3) is 0 Å². The predicted molar refractivity (Wildman–Crippen MR) is 63.3 cm³/mol. The molecule has 2 N–H and O–H groups in total. The van der Waals surface area contributed by atoms with Crippen molar-refractivity contribution in [3.05, 3.63) is 17.5 Å². The van der Waals surface area contributed by atoms with Crippen LogP contribution in [0.25, 0.3) is 0 Å². The minimum absolute atomic E-state index is 0.154. The Morgan fingerprint density at radius 3 is 2.56 bits per heavy atom. The third kappa shape index (κ3) is 2.70. The van der Waals surface area contributed by atoms with Crippen LogP contribution in [0.3, 0.4) is 0 Å². The van der Waals surface area contributed by atoms with Crippen molar-refractivity contribution in [2.45, 2.75) is 39.2 Å². The molecule has 4 nitrogen and oxygen atoms in total. The number of hydrogen-bond donors (Lipinski definition) is 2. The van der Waals surface area contributed by atoms with Crippen molar-refractivity contribution in [1.29, 1.82) is 0 Å². The van der Waals surface area contributed by atoms with Crippen molar-refractivity contribution in [1.82, 2.24) is 9.97 Å². The Bertz CT molecular complexity index is 347. The van der Waals surface area contributed by atoms with Crippen molar-refractivity contribution in [3.63, 3.8) is 0 Å². The number of anilines is 1. The highest BCUT2D eigenvalue weighted by Crippen LogP contribution is 2.25. The summed E-state index contributed by atoms with van der Waals surface area (Å²) in [6.07, 6.45) is 3.00. The smallest absolute Gasteiger partial charge is 0.223 e. The largest absolute Gasteiger partial charge is 0.393 e. The van der Waals surface area contributed by atoms with Crippen LogP contribution < -0.4 is 5.32 Å². The SMILES string of the molecule is Cc1cc(C)nc(NCC2CCCC2O)n1. The normalized spacial score (nSPS) is 24.7. The molecule has 88 valence electrons. The summed E-state index contributed by atoms with van der Waals surface area (Å²) in [6.45, 7) is 4.69. The first kappa shape index (κ1) is 11.3. The lowest BCUT2D eigenvalue weighted by Crippen LogP contribution is -2.22. The van der Waals surface area contributed by atoms with Crippen molar-refractivity contribution < 1.29 is 5.11 Å². The minimum atomic E-state index is -0.154. The number of nitrogens with zero attached hydrogens (tertiary/aromatic N) is 2. The van der Waals surface area contributed by atoms with Gasteiger partial charge in [0, 0.05) is 23.9 Å². The fourth-order valence-corrected chi connectivity index (χ4v) is 2.28. The lowest BCUT2D eigenvalue weighted by Gasteiger charge is -2.15. The topological polar surface area (TPSA) is 58.0 Å². The molecule has 4 heteroatoms. The van der Waals surface area contributed by atoms with Gasteiger partial charge in [0.15, 0.2) is 0 Å². The number of rotatable bonds is 3. The summed E-state index contributed by atoms with van der Waals surface area (Å²) >= 11 is 0. The third-order valence-electron chi connectivity index (χ3n) is 3.12. The van der Waals surface area contributed by atoms with E-state index in [1.807, 2.05) is 19.9 Å². The number of nitrogens with one attached hydrogen (secondary N) is 1. The van der Waals surface area contributed by atoms with E-state index in [1.54, 1.807) is 0 Å². The highest BCUT2D eigenvalue weighted by molar-refractivity contribution is 5.27. The first-order valence-corrected chi connectivity index (χ1v) is 5.89. The summed E-state index contributed by atoms with van der Waals surface area (Å²) in [4.78, 5) is 8.63. The van der Waals surface area contributed by atoms with E-state index in [2.05, 4.69) is 15.3 Å². The molecule has 1 aromatic rings. The summed E-state index contributed by atoms with van der Waals surface area (Å²) in [5, 5.41) is 12.9. The van der Waals surface area contributed by atoms with Crippen molar-refractivity contribution in [2.75, 3.05) is 11.9 Å². The zero-order valence-electron chi connectivity index (χ0n) is 9.90. The number of aryl methyl sites for hydroxylation is 2. The van der Waals surface area contributed by atoms with E-state index in [4.69, 9.17) is 0 Å². The molecule has 0 aromatic carbocycles. The number of hydrogen-bond acceptors (Lipinski definition) is 4. The lowest BCUT2D eigenvalue weighted by atomic mass is 10.1. The lowest BCUT2D eigenvalue weighted by molar-refractivity contribution is 0.138. The van der Waals surface area contributed by atoms with Crippen LogP contribution >= 0.6 is 0 Å². The maximum Gasteiger partial charge on any atom is 0.223 e. The molecule has 1 aliphatic carbocycles. The Morgan fingerprint density at radius 1 is 1.31 bits per heavy atom. The van der Waals surface area contributed by atoms with Crippen molar-refractivity contribution in [2.24, 2.45) is 5.92 Å². The fraction of sp³-hybridized carbons (Fsp3) is 0.667. The number of aliphatic hydroxyl groups excluding tert-OH is 1. The van der Waals surface area contributed by atoms with Crippen LogP contribution in [-0.2, 0) is 0 Å². The van der Waals surface area contributed by atoms with Crippen LogP contribution in [-0.4, -0.2) is 27.7 Å². The summed E-state index contributed by atoms with van der Waals surface area (Å²) in [6, 6.07) is 1.95. The molecule has 1 aromatic heterocycles. The van der Waals surface area contributed by atoms with Gasteiger partial charge in [0.05, 0.1) is 6.10 Å². The molecular formula is C12H19N3O.